The summed E-state index contributed by atoms with van der Waals surface area (Å²) >= 11 is 0. The minimum absolute atomic E-state index is 0.845. The van der Waals surface area contributed by atoms with Crippen LogP contribution in [0.15, 0.2) is 249 Å². The number of hydrogen-bond acceptors (Lipinski definition) is 4. The first-order chi connectivity index (χ1) is 33.6. The first-order valence-corrected chi connectivity index (χ1v) is 23.4. The lowest BCUT2D eigenvalue weighted by molar-refractivity contribution is 0.496. The van der Waals surface area contributed by atoms with E-state index >= 15 is 0 Å². The SMILES string of the molecule is CN1C=CN(c2ccc(-c3ccccc3-c3cc(CCc4ccc(-c5ccccn5)cc4)cc(-c4ccccc4-c4ccc(-c5ccccn5)cc4-c4ccc(-c5ccccc5)cc4)c3)cc2)C1. The van der Waals surface area contributed by atoms with E-state index in [-0.39, 0.29) is 0 Å². The molecule has 1 aliphatic rings. The molecule has 3 heterocycles. The number of benzene rings is 8. The van der Waals surface area contributed by atoms with Crippen molar-refractivity contribution in [3.8, 4) is 89.3 Å². The predicted octanol–water partition coefficient (Wildman–Crippen LogP) is 15.8. The van der Waals surface area contributed by atoms with Crippen LogP contribution in [0.5, 0.6) is 0 Å². The fourth-order valence-corrected chi connectivity index (χ4v) is 9.48. The van der Waals surface area contributed by atoms with E-state index in [9.17, 15) is 0 Å². The van der Waals surface area contributed by atoms with Gasteiger partial charge in [0.15, 0.2) is 0 Å². The van der Waals surface area contributed by atoms with Gasteiger partial charge in [0.2, 0.25) is 0 Å². The Labute approximate surface area is 399 Å². The molecule has 0 saturated carbocycles. The molecule has 10 aromatic rings. The van der Waals surface area contributed by atoms with Gasteiger partial charge in [-0.2, -0.15) is 0 Å². The van der Waals surface area contributed by atoms with E-state index in [4.69, 9.17) is 4.98 Å². The lowest BCUT2D eigenvalue weighted by Gasteiger charge is -2.19. The van der Waals surface area contributed by atoms with E-state index in [1.54, 1.807) is 0 Å². The molecule has 11 rings (SSSR count). The maximum atomic E-state index is 4.76. The Morgan fingerprint density at radius 1 is 0.338 bits per heavy atom. The fraction of sp³-hybridized carbons (Fsp3) is 0.0625. The van der Waals surface area contributed by atoms with Crippen LogP contribution in [0.2, 0.25) is 0 Å². The molecule has 0 N–H and O–H groups in total. The van der Waals surface area contributed by atoms with Gasteiger partial charge in [0.05, 0.1) is 18.1 Å². The van der Waals surface area contributed by atoms with Crippen molar-refractivity contribution in [2.24, 2.45) is 0 Å². The van der Waals surface area contributed by atoms with Gasteiger partial charge in [0.25, 0.3) is 0 Å². The highest BCUT2D eigenvalue weighted by Gasteiger charge is 2.18. The van der Waals surface area contributed by atoms with Crippen molar-refractivity contribution in [2.45, 2.75) is 12.8 Å². The molecule has 0 radical (unpaired) electrons. The number of aryl methyl sites for hydroxylation is 2. The highest BCUT2D eigenvalue weighted by molar-refractivity contribution is 5.95. The van der Waals surface area contributed by atoms with Gasteiger partial charge >= 0.3 is 0 Å². The summed E-state index contributed by atoms with van der Waals surface area (Å²) < 4.78 is 0. The summed E-state index contributed by atoms with van der Waals surface area (Å²) in [7, 11) is 2.10. The molecule has 0 amide bonds. The molecule has 8 aromatic carbocycles. The quantitative estimate of drug-likeness (QED) is 0.122. The molecular weight excluding hydrogens is 825 g/mol. The van der Waals surface area contributed by atoms with Gasteiger partial charge < -0.3 is 9.80 Å². The van der Waals surface area contributed by atoms with E-state index in [0.29, 0.717) is 0 Å². The Bertz CT molecular complexity index is 3350. The van der Waals surface area contributed by atoms with E-state index in [0.717, 1.165) is 53.2 Å². The summed E-state index contributed by atoms with van der Waals surface area (Å²) in [5.74, 6) is 0. The van der Waals surface area contributed by atoms with Crippen LogP contribution < -0.4 is 4.90 Å². The first kappa shape index (κ1) is 42.1. The average Bonchev–Trinajstić information content (AvgIpc) is 3.87. The third-order valence-corrected chi connectivity index (χ3v) is 13.0. The molecule has 4 heteroatoms. The van der Waals surface area contributed by atoms with E-state index in [1.807, 2.05) is 30.6 Å². The second-order valence-corrected chi connectivity index (χ2v) is 17.6. The van der Waals surface area contributed by atoms with E-state index < -0.39 is 0 Å². The Hall–Kier alpha value is -8.60. The number of hydrogen-bond donors (Lipinski definition) is 0. The molecule has 2 aromatic heterocycles. The molecule has 0 bridgehead atoms. The van der Waals surface area contributed by atoms with Crippen molar-refractivity contribution in [1.82, 2.24) is 14.9 Å². The van der Waals surface area contributed by atoms with Gasteiger partial charge in [0, 0.05) is 48.7 Å². The number of pyridine rings is 2. The van der Waals surface area contributed by atoms with Crippen molar-refractivity contribution in [1.29, 1.82) is 0 Å². The van der Waals surface area contributed by atoms with Gasteiger partial charge in [0.1, 0.15) is 0 Å². The molecular formula is C64H50N4. The largest absolute Gasteiger partial charge is 0.361 e. The maximum Gasteiger partial charge on any atom is 0.0938 e. The van der Waals surface area contributed by atoms with Crippen molar-refractivity contribution in [3.63, 3.8) is 0 Å². The highest BCUT2D eigenvalue weighted by atomic mass is 15.3. The monoisotopic (exact) mass is 874 g/mol. The Kier molecular flexibility index (Phi) is 11.8. The van der Waals surface area contributed by atoms with Crippen LogP contribution in [0.4, 0.5) is 5.69 Å². The van der Waals surface area contributed by atoms with Crippen LogP contribution in [0, 0.1) is 0 Å². The number of nitrogens with zero attached hydrogens (tertiary/aromatic N) is 4. The van der Waals surface area contributed by atoms with Gasteiger partial charge in [-0.25, -0.2) is 0 Å². The molecule has 0 fully saturated rings. The van der Waals surface area contributed by atoms with Gasteiger partial charge in [-0.05, 0) is 139 Å². The summed E-state index contributed by atoms with van der Waals surface area (Å²) in [6.45, 7) is 0.845. The summed E-state index contributed by atoms with van der Waals surface area (Å²) in [4.78, 5) is 13.8. The second kappa shape index (κ2) is 19.1. The number of aromatic nitrogens is 2. The van der Waals surface area contributed by atoms with E-state index in [2.05, 4.69) is 240 Å². The zero-order chi connectivity index (χ0) is 45.7. The minimum atomic E-state index is 0.845. The molecule has 0 atom stereocenters. The average molecular weight is 875 g/mol. The van der Waals surface area contributed by atoms with Crippen molar-refractivity contribution >= 4 is 5.69 Å². The zero-order valence-electron chi connectivity index (χ0n) is 38.1. The predicted molar refractivity (Wildman–Crippen MR) is 284 cm³/mol. The fourth-order valence-electron chi connectivity index (χ4n) is 9.48. The molecule has 326 valence electrons. The molecule has 0 spiro atoms. The summed E-state index contributed by atoms with van der Waals surface area (Å²) in [5, 5.41) is 0. The lowest BCUT2D eigenvalue weighted by Crippen LogP contribution is -2.21. The standard InChI is InChI=1S/C64H50N4/c1-67-39-40-68(45-67)56-34-31-50(32-35-56)57-15-5-6-16-58(57)54-41-47(22-21-46-23-25-52(26-24-46)63-19-9-11-37-65-63)42-55(43-54)59-17-7-8-18-60(59)61-36-33-53(64-20-10-12-38-66-64)44-62(61)51-29-27-49(28-30-51)48-13-3-2-4-14-48/h2-20,23-44H,21-22,45H2,1H3. The summed E-state index contributed by atoms with van der Waals surface area (Å²) in [6, 6.07) is 81.5. The Morgan fingerprint density at radius 2 is 0.824 bits per heavy atom. The Morgan fingerprint density at radius 3 is 1.46 bits per heavy atom. The van der Waals surface area contributed by atoms with Gasteiger partial charge in [-0.3, -0.25) is 9.97 Å². The maximum absolute atomic E-state index is 4.76. The second-order valence-electron chi connectivity index (χ2n) is 17.6. The number of rotatable bonds is 12. The lowest BCUT2D eigenvalue weighted by atomic mass is 9.85. The van der Waals surface area contributed by atoms with Crippen LogP contribution >= 0.6 is 0 Å². The molecule has 0 aliphatic carbocycles. The van der Waals surface area contributed by atoms with Gasteiger partial charge in [-0.1, -0.05) is 176 Å². The number of anilines is 1. The van der Waals surface area contributed by atoms with Crippen molar-refractivity contribution in [3.05, 3.63) is 260 Å². The minimum Gasteiger partial charge on any atom is -0.361 e. The normalized spacial score (nSPS) is 12.1. The van der Waals surface area contributed by atoms with Crippen LogP contribution in [0.25, 0.3) is 89.3 Å². The van der Waals surface area contributed by atoms with Crippen LogP contribution in [-0.2, 0) is 12.8 Å². The molecule has 0 unspecified atom stereocenters. The van der Waals surface area contributed by atoms with Crippen LogP contribution in [0.3, 0.4) is 0 Å². The highest BCUT2D eigenvalue weighted by Crippen LogP contribution is 2.43. The molecule has 68 heavy (non-hydrogen) atoms. The third-order valence-electron chi connectivity index (χ3n) is 13.0. The first-order valence-electron chi connectivity index (χ1n) is 23.4. The molecule has 0 saturated heterocycles. The Balaban J connectivity index is 1.01. The van der Waals surface area contributed by atoms with Crippen molar-refractivity contribution in [2.75, 3.05) is 18.6 Å². The smallest absolute Gasteiger partial charge is 0.0938 e. The molecule has 4 nitrogen and oxygen atoms in total. The zero-order valence-corrected chi connectivity index (χ0v) is 38.1. The third kappa shape index (κ3) is 9.00. The van der Waals surface area contributed by atoms with Crippen LogP contribution in [-0.4, -0.2) is 28.6 Å². The van der Waals surface area contributed by atoms with Crippen LogP contribution in [0.1, 0.15) is 11.1 Å². The topological polar surface area (TPSA) is 32.3 Å². The van der Waals surface area contributed by atoms with E-state index in [1.165, 1.54) is 72.4 Å². The summed E-state index contributed by atoms with van der Waals surface area (Å²) in [5.41, 5.74) is 22.2. The summed E-state index contributed by atoms with van der Waals surface area (Å²) in [6.07, 6.45) is 9.78. The van der Waals surface area contributed by atoms with Gasteiger partial charge in [-0.15, -0.1) is 0 Å². The molecule has 1 aliphatic heterocycles. The van der Waals surface area contributed by atoms with Crippen molar-refractivity contribution < 1.29 is 0 Å².